The fourth-order valence-electron chi connectivity index (χ4n) is 1.10. The first-order valence-electron chi connectivity index (χ1n) is 5.31. The zero-order valence-electron chi connectivity index (χ0n) is 9.71. The van der Waals surface area contributed by atoms with Crippen molar-refractivity contribution in [2.24, 2.45) is 0 Å². The van der Waals surface area contributed by atoms with Crippen molar-refractivity contribution in [1.29, 1.82) is 0 Å². The Bertz CT molecular complexity index is 274. The fourth-order valence-corrected chi connectivity index (χ4v) is 1.10. The van der Waals surface area contributed by atoms with Gasteiger partial charge in [-0.3, -0.25) is 4.79 Å². The standard InChI is InChI=1S/C10H14N2O.C2H6/c1-9-4-2-3-5-10(9)12-7-6-11-8-13;1-2/h2-5,8,12H,6-7H2,1H3,(H,11,13);1-2H3. The summed E-state index contributed by atoms with van der Waals surface area (Å²) in [5.74, 6) is 0. The van der Waals surface area contributed by atoms with Crippen molar-refractivity contribution in [3.8, 4) is 0 Å². The van der Waals surface area contributed by atoms with Crippen LogP contribution in [-0.2, 0) is 4.79 Å². The molecule has 0 radical (unpaired) electrons. The number of aryl methyl sites for hydroxylation is 1. The third kappa shape index (κ3) is 5.73. The van der Waals surface area contributed by atoms with Gasteiger partial charge in [0.05, 0.1) is 0 Å². The predicted octanol–water partition coefficient (Wildman–Crippen LogP) is 2.18. The number of hydrogen-bond donors (Lipinski definition) is 2. The summed E-state index contributed by atoms with van der Waals surface area (Å²) in [6, 6.07) is 8.07. The van der Waals surface area contributed by atoms with Crippen molar-refractivity contribution in [3.05, 3.63) is 29.8 Å². The van der Waals surface area contributed by atoms with Gasteiger partial charge in [-0.25, -0.2) is 0 Å². The maximum atomic E-state index is 9.94. The van der Waals surface area contributed by atoms with Crippen LogP contribution in [0.1, 0.15) is 19.4 Å². The molecule has 2 N–H and O–H groups in total. The van der Waals surface area contributed by atoms with Gasteiger partial charge in [0, 0.05) is 18.8 Å². The lowest BCUT2D eigenvalue weighted by Gasteiger charge is -2.07. The number of amides is 1. The van der Waals surface area contributed by atoms with Crippen LogP contribution in [0.2, 0.25) is 0 Å². The first-order valence-corrected chi connectivity index (χ1v) is 5.31. The monoisotopic (exact) mass is 208 g/mol. The smallest absolute Gasteiger partial charge is 0.207 e. The molecule has 0 heterocycles. The molecule has 0 aromatic heterocycles. The molecule has 0 aliphatic carbocycles. The van der Waals surface area contributed by atoms with Gasteiger partial charge in [-0.05, 0) is 18.6 Å². The van der Waals surface area contributed by atoms with Crippen LogP contribution in [0.4, 0.5) is 5.69 Å². The lowest BCUT2D eigenvalue weighted by Crippen LogP contribution is -2.20. The van der Waals surface area contributed by atoms with E-state index in [1.54, 1.807) is 0 Å². The lowest BCUT2D eigenvalue weighted by atomic mass is 10.2. The third-order valence-corrected chi connectivity index (χ3v) is 1.81. The van der Waals surface area contributed by atoms with Gasteiger partial charge in [0.2, 0.25) is 6.41 Å². The van der Waals surface area contributed by atoms with Gasteiger partial charge in [0.15, 0.2) is 0 Å². The van der Waals surface area contributed by atoms with Crippen molar-refractivity contribution in [2.75, 3.05) is 18.4 Å². The van der Waals surface area contributed by atoms with E-state index in [9.17, 15) is 4.79 Å². The van der Waals surface area contributed by atoms with E-state index in [0.29, 0.717) is 13.0 Å². The van der Waals surface area contributed by atoms with Gasteiger partial charge in [0.25, 0.3) is 0 Å². The molecule has 0 fully saturated rings. The molecule has 0 atom stereocenters. The van der Waals surface area contributed by atoms with Gasteiger partial charge < -0.3 is 10.6 Å². The number of carbonyl (C=O) groups is 1. The topological polar surface area (TPSA) is 41.1 Å². The van der Waals surface area contributed by atoms with Crippen molar-refractivity contribution < 1.29 is 4.79 Å². The molecule has 3 nitrogen and oxygen atoms in total. The van der Waals surface area contributed by atoms with E-state index in [1.807, 2.05) is 32.0 Å². The Morgan fingerprint density at radius 2 is 1.87 bits per heavy atom. The van der Waals surface area contributed by atoms with Crippen LogP contribution in [0.5, 0.6) is 0 Å². The Morgan fingerprint density at radius 3 is 2.47 bits per heavy atom. The Balaban J connectivity index is 0.000000921. The van der Waals surface area contributed by atoms with Gasteiger partial charge in [-0.15, -0.1) is 0 Å². The van der Waals surface area contributed by atoms with Crippen molar-refractivity contribution in [3.63, 3.8) is 0 Å². The van der Waals surface area contributed by atoms with Gasteiger partial charge in [0.1, 0.15) is 0 Å². The zero-order valence-corrected chi connectivity index (χ0v) is 9.71. The molecular weight excluding hydrogens is 188 g/mol. The molecular formula is C12H20N2O. The van der Waals surface area contributed by atoms with E-state index >= 15 is 0 Å². The van der Waals surface area contributed by atoms with Crippen LogP contribution >= 0.6 is 0 Å². The Labute approximate surface area is 91.9 Å². The predicted molar refractivity (Wildman–Crippen MR) is 65.1 cm³/mol. The molecule has 0 bridgehead atoms. The van der Waals surface area contributed by atoms with E-state index in [0.717, 1.165) is 12.2 Å². The highest BCUT2D eigenvalue weighted by Crippen LogP contribution is 2.11. The summed E-state index contributed by atoms with van der Waals surface area (Å²) >= 11 is 0. The quantitative estimate of drug-likeness (QED) is 0.575. The van der Waals surface area contributed by atoms with Crippen molar-refractivity contribution >= 4 is 12.1 Å². The number of benzene rings is 1. The van der Waals surface area contributed by atoms with Crippen LogP contribution < -0.4 is 10.6 Å². The maximum absolute atomic E-state index is 9.94. The van der Waals surface area contributed by atoms with Crippen LogP contribution in [0.15, 0.2) is 24.3 Å². The Morgan fingerprint density at radius 1 is 1.20 bits per heavy atom. The minimum absolute atomic E-state index is 0.651. The minimum atomic E-state index is 0.651. The van der Waals surface area contributed by atoms with E-state index in [1.165, 1.54) is 5.56 Å². The molecule has 15 heavy (non-hydrogen) atoms. The summed E-state index contributed by atoms with van der Waals surface area (Å²) in [6.45, 7) is 7.46. The second-order valence-electron chi connectivity index (χ2n) is 2.81. The highest BCUT2D eigenvalue weighted by Gasteiger charge is 1.93. The molecule has 0 spiro atoms. The molecule has 0 saturated carbocycles. The van der Waals surface area contributed by atoms with Gasteiger partial charge >= 0.3 is 0 Å². The molecule has 0 saturated heterocycles. The first-order chi connectivity index (χ1) is 7.34. The SMILES string of the molecule is CC.Cc1ccccc1NCCNC=O. The number of nitrogens with one attached hydrogen (secondary N) is 2. The Hall–Kier alpha value is -1.51. The lowest BCUT2D eigenvalue weighted by molar-refractivity contribution is -0.109. The average molecular weight is 208 g/mol. The van der Waals surface area contributed by atoms with Crippen LogP contribution in [-0.4, -0.2) is 19.5 Å². The van der Waals surface area contributed by atoms with E-state index in [-0.39, 0.29) is 0 Å². The number of carbonyl (C=O) groups excluding carboxylic acids is 1. The summed E-state index contributed by atoms with van der Waals surface area (Å²) in [5, 5.41) is 5.82. The van der Waals surface area contributed by atoms with Crippen molar-refractivity contribution in [2.45, 2.75) is 20.8 Å². The molecule has 0 unspecified atom stereocenters. The summed E-state index contributed by atoms with van der Waals surface area (Å²) in [7, 11) is 0. The van der Waals surface area contributed by atoms with Gasteiger partial charge in [-0.1, -0.05) is 32.0 Å². The largest absolute Gasteiger partial charge is 0.383 e. The number of anilines is 1. The second kappa shape index (κ2) is 9.06. The summed E-state index contributed by atoms with van der Waals surface area (Å²) < 4.78 is 0. The highest BCUT2D eigenvalue weighted by atomic mass is 16.1. The molecule has 1 amide bonds. The van der Waals surface area contributed by atoms with Gasteiger partial charge in [-0.2, -0.15) is 0 Å². The fraction of sp³-hybridized carbons (Fsp3) is 0.417. The summed E-state index contributed by atoms with van der Waals surface area (Å²) in [5.41, 5.74) is 2.34. The Kier molecular flexibility index (Phi) is 8.15. The molecule has 1 aromatic carbocycles. The van der Waals surface area contributed by atoms with Crippen LogP contribution in [0.3, 0.4) is 0 Å². The first kappa shape index (κ1) is 13.5. The van der Waals surface area contributed by atoms with E-state index in [4.69, 9.17) is 0 Å². The maximum Gasteiger partial charge on any atom is 0.207 e. The normalized spacial score (nSPS) is 8.47. The van der Waals surface area contributed by atoms with Crippen molar-refractivity contribution in [1.82, 2.24) is 5.32 Å². The molecule has 3 heteroatoms. The second-order valence-corrected chi connectivity index (χ2v) is 2.81. The van der Waals surface area contributed by atoms with Crippen LogP contribution in [0.25, 0.3) is 0 Å². The molecule has 84 valence electrons. The van der Waals surface area contributed by atoms with E-state index in [2.05, 4.69) is 23.6 Å². The molecule has 0 aliphatic rings. The number of rotatable bonds is 5. The number of hydrogen-bond acceptors (Lipinski definition) is 2. The molecule has 1 rings (SSSR count). The summed E-state index contributed by atoms with van der Waals surface area (Å²) in [6.07, 6.45) is 0.708. The average Bonchev–Trinajstić information content (AvgIpc) is 2.29. The number of para-hydroxylation sites is 1. The van der Waals surface area contributed by atoms with Crippen LogP contribution in [0, 0.1) is 6.92 Å². The third-order valence-electron chi connectivity index (χ3n) is 1.81. The molecule has 0 aliphatic heterocycles. The highest BCUT2D eigenvalue weighted by molar-refractivity contribution is 5.50. The minimum Gasteiger partial charge on any atom is -0.383 e. The molecule has 1 aromatic rings. The zero-order chi connectivity index (χ0) is 11.5. The summed E-state index contributed by atoms with van der Waals surface area (Å²) in [4.78, 5) is 9.94. The van der Waals surface area contributed by atoms with E-state index < -0.39 is 0 Å².